The van der Waals surface area contributed by atoms with E-state index in [-0.39, 0.29) is 6.10 Å². The molecule has 0 spiro atoms. The molecule has 0 bridgehead atoms. The van der Waals surface area contributed by atoms with Crippen molar-refractivity contribution in [3.63, 3.8) is 0 Å². The Bertz CT molecular complexity index is 663. The molecule has 1 N–H and O–H groups in total. The van der Waals surface area contributed by atoms with Crippen molar-refractivity contribution in [2.45, 2.75) is 105 Å². The van der Waals surface area contributed by atoms with Crippen LogP contribution in [0.1, 0.15) is 98.8 Å². The summed E-state index contributed by atoms with van der Waals surface area (Å²) in [5, 5.41) is 10.3. The first kappa shape index (κ1) is 22.6. The van der Waals surface area contributed by atoms with E-state index >= 15 is 0 Å². The van der Waals surface area contributed by atoms with Gasteiger partial charge in [-0.2, -0.15) is 0 Å². The van der Waals surface area contributed by atoms with E-state index in [1.165, 1.54) is 56.9 Å². The molecule has 30 heavy (non-hydrogen) atoms. The molecule has 4 aliphatic rings. The molecule has 0 saturated heterocycles. The summed E-state index contributed by atoms with van der Waals surface area (Å²) in [6, 6.07) is 0. The second kappa shape index (κ2) is 8.42. The zero-order chi connectivity index (χ0) is 21.7. The minimum absolute atomic E-state index is 0.0249. The number of aliphatic hydroxyl groups excluding tert-OH is 1. The number of allylic oxidation sites excluding steroid dienone is 3. The molecular weight excluding hydrogens is 364 g/mol. The maximum absolute atomic E-state index is 10.3. The summed E-state index contributed by atoms with van der Waals surface area (Å²) in [6.07, 6.45) is 18.1. The normalized spacial score (nSPS) is 47.9. The molecule has 1 unspecified atom stereocenters. The molecule has 170 valence electrons. The van der Waals surface area contributed by atoms with Gasteiger partial charge in [-0.25, -0.2) is 0 Å². The lowest BCUT2D eigenvalue weighted by Crippen LogP contribution is -2.54. The molecule has 1 heteroatoms. The number of hydrogen-bond acceptors (Lipinski definition) is 1. The summed E-state index contributed by atoms with van der Waals surface area (Å²) in [5.74, 6) is 5.65. The average Bonchev–Trinajstić information content (AvgIpc) is 3.06. The van der Waals surface area contributed by atoms with E-state index < -0.39 is 0 Å². The van der Waals surface area contributed by atoms with Gasteiger partial charge < -0.3 is 5.11 Å². The number of aliphatic hydroxyl groups is 1. The van der Waals surface area contributed by atoms with Crippen LogP contribution in [-0.2, 0) is 0 Å². The molecule has 4 aliphatic carbocycles. The van der Waals surface area contributed by atoms with Gasteiger partial charge in [0.1, 0.15) is 0 Å². The van der Waals surface area contributed by atoms with Gasteiger partial charge >= 0.3 is 0 Å². The zero-order valence-corrected chi connectivity index (χ0v) is 20.5. The quantitative estimate of drug-likeness (QED) is 0.457. The molecule has 0 aromatic rings. The Morgan fingerprint density at radius 2 is 1.70 bits per heavy atom. The van der Waals surface area contributed by atoms with Crippen molar-refractivity contribution >= 4 is 0 Å². The van der Waals surface area contributed by atoms with E-state index in [9.17, 15) is 5.11 Å². The van der Waals surface area contributed by atoms with Gasteiger partial charge in [-0.1, -0.05) is 52.0 Å². The molecule has 0 amide bonds. The van der Waals surface area contributed by atoms with Gasteiger partial charge in [0.2, 0.25) is 0 Å². The van der Waals surface area contributed by atoms with Crippen molar-refractivity contribution in [1.29, 1.82) is 0 Å². The van der Waals surface area contributed by atoms with E-state index in [1.807, 2.05) is 0 Å². The fourth-order valence-electron chi connectivity index (χ4n) is 9.23. The molecule has 4 saturated carbocycles. The number of rotatable bonds is 5. The fourth-order valence-corrected chi connectivity index (χ4v) is 9.23. The molecule has 4 fully saturated rings. The van der Waals surface area contributed by atoms with Crippen molar-refractivity contribution in [2.75, 3.05) is 0 Å². The summed E-state index contributed by atoms with van der Waals surface area (Å²) in [6.45, 7) is 16.4. The third-order valence-corrected chi connectivity index (χ3v) is 11.1. The Hall–Kier alpha value is -0.560. The van der Waals surface area contributed by atoms with Gasteiger partial charge in [-0.05, 0) is 123 Å². The molecule has 0 aliphatic heterocycles. The standard InChI is InChI=1S/C29H48O/c1-7-21(19(2)3)9-8-20(4)25-12-13-26-24-11-10-22-18-23(30)14-16-28(22,5)27(24)15-17-29(25,26)6/h8-9,20-27,30H,2,7,10-18H2,1,3-6H3/b9-8+/t20-,21+,22+,23+,24?,25-,26+,27+,28+,29-/m1/s1. The lowest BCUT2D eigenvalue weighted by Gasteiger charge is -2.61. The van der Waals surface area contributed by atoms with E-state index in [4.69, 9.17) is 0 Å². The zero-order valence-electron chi connectivity index (χ0n) is 20.5. The van der Waals surface area contributed by atoms with E-state index in [2.05, 4.69) is 53.3 Å². The fraction of sp³-hybridized carbons (Fsp3) is 0.862. The molecule has 0 radical (unpaired) electrons. The highest BCUT2D eigenvalue weighted by Gasteiger charge is 2.60. The summed E-state index contributed by atoms with van der Waals surface area (Å²) in [4.78, 5) is 0. The Morgan fingerprint density at radius 1 is 1.00 bits per heavy atom. The van der Waals surface area contributed by atoms with Crippen molar-refractivity contribution in [3.05, 3.63) is 24.3 Å². The first-order chi connectivity index (χ1) is 14.2. The SMILES string of the molecule is C=C(C)[C@H](/C=C/[C@@H](C)[C@H]1CC[C@H]2C3CC[C@H]4C[C@@H](O)CC[C@]4(C)[C@H]3CC[C@]12C)CC. The van der Waals surface area contributed by atoms with E-state index in [1.54, 1.807) is 0 Å². The van der Waals surface area contributed by atoms with Crippen LogP contribution in [0.2, 0.25) is 0 Å². The highest BCUT2D eigenvalue weighted by atomic mass is 16.3. The first-order valence-corrected chi connectivity index (χ1v) is 13.2. The number of hydrogen-bond donors (Lipinski definition) is 1. The summed E-state index contributed by atoms with van der Waals surface area (Å²) >= 11 is 0. The lowest BCUT2D eigenvalue weighted by atomic mass is 9.44. The monoisotopic (exact) mass is 412 g/mol. The summed E-state index contributed by atoms with van der Waals surface area (Å²) < 4.78 is 0. The molecule has 1 nitrogen and oxygen atoms in total. The lowest BCUT2D eigenvalue weighted by molar-refractivity contribution is -0.128. The van der Waals surface area contributed by atoms with Gasteiger partial charge in [0.25, 0.3) is 0 Å². The Balaban J connectivity index is 1.50. The number of fused-ring (bicyclic) bond motifs is 5. The van der Waals surface area contributed by atoms with Crippen LogP contribution in [0.4, 0.5) is 0 Å². The highest BCUT2D eigenvalue weighted by Crippen LogP contribution is 2.68. The van der Waals surface area contributed by atoms with Crippen molar-refractivity contribution in [3.8, 4) is 0 Å². The van der Waals surface area contributed by atoms with Gasteiger partial charge in [0, 0.05) is 0 Å². The van der Waals surface area contributed by atoms with Crippen LogP contribution in [0, 0.1) is 52.3 Å². The van der Waals surface area contributed by atoms with E-state index in [0.29, 0.717) is 22.7 Å². The van der Waals surface area contributed by atoms with Crippen molar-refractivity contribution in [2.24, 2.45) is 52.3 Å². The molecule has 10 atom stereocenters. The van der Waals surface area contributed by atoms with Gasteiger partial charge in [-0.15, -0.1) is 0 Å². The minimum atomic E-state index is -0.0249. The van der Waals surface area contributed by atoms with Crippen molar-refractivity contribution in [1.82, 2.24) is 0 Å². The van der Waals surface area contributed by atoms with Crippen molar-refractivity contribution < 1.29 is 5.11 Å². The third kappa shape index (κ3) is 3.66. The molecular formula is C29H48O. The smallest absolute Gasteiger partial charge is 0.0543 e. The Kier molecular flexibility index (Phi) is 6.35. The van der Waals surface area contributed by atoms with Crippen LogP contribution < -0.4 is 0 Å². The molecule has 0 aromatic carbocycles. The maximum Gasteiger partial charge on any atom is 0.0543 e. The topological polar surface area (TPSA) is 20.2 Å². The first-order valence-electron chi connectivity index (χ1n) is 13.2. The van der Waals surface area contributed by atoms with Crippen LogP contribution >= 0.6 is 0 Å². The Labute approximate surface area is 186 Å². The van der Waals surface area contributed by atoms with Crippen LogP contribution in [0.25, 0.3) is 0 Å². The highest BCUT2D eigenvalue weighted by molar-refractivity contribution is 5.13. The predicted molar refractivity (Wildman–Crippen MR) is 128 cm³/mol. The maximum atomic E-state index is 10.3. The van der Waals surface area contributed by atoms with Gasteiger partial charge in [0.15, 0.2) is 0 Å². The second-order valence-corrected chi connectivity index (χ2v) is 12.4. The van der Waals surface area contributed by atoms with Crippen LogP contribution in [0.3, 0.4) is 0 Å². The van der Waals surface area contributed by atoms with Crippen LogP contribution in [0.5, 0.6) is 0 Å². The van der Waals surface area contributed by atoms with Gasteiger partial charge in [0.05, 0.1) is 6.10 Å². The van der Waals surface area contributed by atoms with Crippen LogP contribution in [0.15, 0.2) is 24.3 Å². The summed E-state index contributed by atoms with van der Waals surface area (Å²) in [7, 11) is 0. The third-order valence-electron chi connectivity index (χ3n) is 11.1. The molecule has 4 rings (SSSR count). The van der Waals surface area contributed by atoms with Crippen LogP contribution in [-0.4, -0.2) is 11.2 Å². The minimum Gasteiger partial charge on any atom is -0.393 e. The molecule has 0 aromatic heterocycles. The summed E-state index contributed by atoms with van der Waals surface area (Å²) in [5.41, 5.74) is 2.34. The largest absolute Gasteiger partial charge is 0.393 e. The molecule has 0 heterocycles. The predicted octanol–water partition coefficient (Wildman–Crippen LogP) is 7.80. The second-order valence-electron chi connectivity index (χ2n) is 12.4. The van der Waals surface area contributed by atoms with Gasteiger partial charge in [-0.3, -0.25) is 0 Å². The Morgan fingerprint density at radius 3 is 2.40 bits per heavy atom. The van der Waals surface area contributed by atoms with E-state index in [0.717, 1.165) is 42.4 Å². The average molecular weight is 413 g/mol.